The topological polar surface area (TPSA) is 12.0 Å². The molecule has 0 spiro atoms. The fraction of sp³-hybridized carbons (Fsp3) is 0.143. The van der Waals surface area contributed by atoms with Gasteiger partial charge in [0.2, 0.25) is 0 Å². The second-order valence-electron chi connectivity index (χ2n) is 5.35. The Morgan fingerprint density at radius 3 is 2.27 bits per heavy atom. The van der Waals surface area contributed by atoms with Crippen LogP contribution in [0.3, 0.4) is 0 Å². The van der Waals surface area contributed by atoms with Gasteiger partial charge in [-0.3, -0.25) is 0 Å². The Kier molecular flexibility index (Phi) is 6.25. The van der Waals surface area contributed by atoms with Gasteiger partial charge >= 0.3 is 0 Å². The summed E-state index contributed by atoms with van der Waals surface area (Å²) in [5.74, 6) is 0. The third-order valence-electron chi connectivity index (χ3n) is 3.45. The Morgan fingerprint density at radius 2 is 1.64 bits per heavy atom. The lowest BCUT2D eigenvalue weighted by Crippen LogP contribution is -2.22. The molecule has 1 heteroatoms. The number of hydrogen-bond donors (Lipinski definition) is 1. The number of rotatable bonds is 8. The minimum absolute atomic E-state index is 0.312. The number of hydrogen-bond acceptors (Lipinski definition) is 1. The summed E-state index contributed by atoms with van der Waals surface area (Å²) >= 11 is 0. The highest BCUT2D eigenvalue weighted by molar-refractivity contribution is 5.44. The van der Waals surface area contributed by atoms with Gasteiger partial charge in [-0.05, 0) is 30.5 Å². The molecule has 0 aliphatic heterocycles. The van der Waals surface area contributed by atoms with Crippen LogP contribution in [0, 0.1) is 0 Å². The summed E-state index contributed by atoms with van der Waals surface area (Å²) in [6.45, 7) is 7.84. The molecule has 0 aliphatic carbocycles. The molecule has 1 atom stereocenters. The van der Waals surface area contributed by atoms with Gasteiger partial charge < -0.3 is 5.32 Å². The number of nitrogens with one attached hydrogen (secondary N) is 1. The van der Waals surface area contributed by atoms with Gasteiger partial charge in [0.25, 0.3) is 0 Å². The summed E-state index contributed by atoms with van der Waals surface area (Å²) in [6, 6.07) is 21.2. The van der Waals surface area contributed by atoms with Gasteiger partial charge in [0.05, 0.1) is 0 Å². The van der Waals surface area contributed by atoms with Crippen LogP contribution in [0.1, 0.15) is 12.0 Å². The average Bonchev–Trinajstić information content (AvgIpc) is 2.55. The van der Waals surface area contributed by atoms with Gasteiger partial charge in [0, 0.05) is 11.7 Å². The molecule has 0 saturated heterocycles. The summed E-state index contributed by atoms with van der Waals surface area (Å²) in [6.07, 6.45) is 7.61. The molecule has 1 nitrogen and oxygen atoms in total. The molecule has 0 radical (unpaired) electrons. The summed E-state index contributed by atoms with van der Waals surface area (Å²) in [5.41, 5.74) is 3.57. The van der Waals surface area contributed by atoms with E-state index in [-0.39, 0.29) is 0 Å². The highest BCUT2D eigenvalue weighted by atomic mass is 14.9. The van der Waals surface area contributed by atoms with Crippen molar-refractivity contribution in [2.45, 2.75) is 18.9 Å². The van der Waals surface area contributed by atoms with Crippen molar-refractivity contribution in [3.05, 3.63) is 103 Å². The van der Waals surface area contributed by atoms with Crippen molar-refractivity contribution in [3.63, 3.8) is 0 Å². The van der Waals surface area contributed by atoms with E-state index in [0.29, 0.717) is 6.04 Å². The largest absolute Gasteiger partial charge is 0.382 e. The van der Waals surface area contributed by atoms with E-state index < -0.39 is 0 Å². The zero-order chi connectivity index (χ0) is 15.6. The van der Waals surface area contributed by atoms with Crippen LogP contribution >= 0.6 is 0 Å². The lowest BCUT2D eigenvalue weighted by Gasteiger charge is -2.20. The van der Waals surface area contributed by atoms with E-state index in [9.17, 15) is 0 Å². The Morgan fingerprint density at radius 1 is 1.00 bits per heavy atom. The second-order valence-corrected chi connectivity index (χ2v) is 5.35. The van der Waals surface area contributed by atoms with Crippen molar-refractivity contribution < 1.29 is 0 Å². The Balaban J connectivity index is 2.07. The van der Waals surface area contributed by atoms with Gasteiger partial charge in [-0.25, -0.2) is 0 Å². The molecule has 0 bridgehead atoms. The molecule has 2 aromatic carbocycles. The first-order chi connectivity index (χ1) is 10.8. The van der Waals surface area contributed by atoms with E-state index in [1.165, 1.54) is 5.56 Å². The molecule has 1 unspecified atom stereocenters. The molecule has 0 fully saturated rings. The van der Waals surface area contributed by atoms with Crippen molar-refractivity contribution >= 4 is 5.69 Å². The monoisotopic (exact) mass is 289 g/mol. The number of anilines is 1. The molecular formula is C21H23N. The molecule has 0 amide bonds. The van der Waals surface area contributed by atoms with Crippen molar-refractivity contribution in [3.8, 4) is 0 Å². The van der Waals surface area contributed by atoms with Gasteiger partial charge in [-0.2, -0.15) is 0 Å². The van der Waals surface area contributed by atoms with E-state index in [4.69, 9.17) is 0 Å². The summed E-state index contributed by atoms with van der Waals surface area (Å²) < 4.78 is 0. The van der Waals surface area contributed by atoms with E-state index in [1.54, 1.807) is 6.08 Å². The lowest BCUT2D eigenvalue weighted by atomic mass is 9.99. The van der Waals surface area contributed by atoms with Crippen LogP contribution in [0.15, 0.2) is 97.6 Å². The van der Waals surface area contributed by atoms with Crippen molar-refractivity contribution in [2.24, 2.45) is 0 Å². The Bertz CT molecular complexity index is 569. The van der Waals surface area contributed by atoms with Crippen molar-refractivity contribution in [1.82, 2.24) is 0 Å². The molecule has 2 aromatic rings. The zero-order valence-corrected chi connectivity index (χ0v) is 12.9. The molecule has 0 heterocycles. The zero-order valence-electron chi connectivity index (χ0n) is 12.9. The van der Waals surface area contributed by atoms with E-state index in [0.717, 1.165) is 24.1 Å². The van der Waals surface area contributed by atoms with E-state index in [2.05, 4.69) is 60.9 Å². The summed E-state index contributed by atoms with van der Waals surface area (Å²) in [7, 11) is 0. The van der Waals surface area contributed by atoms with Gasteiger partial charge in [0.1, 0.15) is 0 Å². The van der Waals surface area contributed by atoms with Gasteiger partial charge in [0.15, 0.2) is 0 Å². The maximum atomic E-state index is 4.14. The highest BCUT2D eigenvalue weighted by Gasteiger charge is 2.10. The average molecular weight is 289 g/mol. The minimum Gasteiger partial charge on any atom is -0.382 e. The van der Waals surface area contributed by atoms with Gasteiger partial charge in [-0.15, -0.1) is 0 Å². The molecule has 112 valence electrons. The van der Waals surface area contributed by atoms with Crippen LogP contribution in [0.25, 0.3) is 0 Å². The maximum Gasteiger partial charge on any atom is 0.0342 e. The minimum atomic E-state index is 0.312. The number of benzene rings is 2. The first kappa shape index (κ1) is 15.8. The lowest BCUT2D eigenvalue weighted by molar-refractivity contribution is 0.714. The molecule has 0 saturated carbocycles. The number of allylic oxidation sites excluding steroid dienone is 3. The normalized spacial score (nSPS) is 12.0. The second kappa shape index (κ2) is 8.68. The molecule has 0 aliphatic rings. The van der Waals surface area contributed by atoms with Crippen LogP contribution in [0.2, 0.25) is 0 Å². The van der Waals surface area contributed by atoms with Crippen LogP contribution in [0.4, 0.5) is 5.69 Å². The van der Waals surface area contributed by atoms with E-state index >= 15 is 0 Å². The molecule has 1 N–H and O–H groups in total. The summed E-state index contributed by atoms with van der Waals surface area (Å²) in [4.78, 5) is 0. The predicted octanol–water partition coefficient (Wildman–Crippen LogP) is 5.40. The third kappa shape index (κ3) is 5.45. The van der Waals surface area contributed by atoms with Crippen LogP contribution in [-0.2, 0) is 6.42 Å². The Hall–Kier alpha value is -2.54. The smallest absolute Gasteiger partial charge is 0.0342 e. The molecule has 0 aromatic heterocycles. The first-order valence-electron chi connectivity index (χ1n) is 7.60. The number of para-hydroxylation sites is 1. The first-order valence-corrected chi connectivity index (χ1v) is 7.60. The van der Waals surface area contributed by atoms with Crippen LogP contribution in [0.5, 0.6) is 0 Å². The summed E-state index contributed by atoms with van der Waals surface area (Å²) in [5, 5.41) is 3.61. The van der Waals surface area contributed by atoms with E-state index in [1.807, 2.05) is 30.4 Å². The maximum absolute atomic E-state index is 4.14. The highest BCUT2D eigenvalue weighted by Crippen LogP contribution is 2.16. The fourth-order valence-corrected chi connectivity index (χ4v) is 2.43. The standard InChI is InChI=1S/C21H23N/c1-3-4-11-18(2)16-21(17-19-12-7-5-8-13-19)22-20-14-9-6-10-15-20/h3-15,21-22H,1-2,16-17H2. The SMILES string of the molecule is C=CC=CC(=C)CC(Cc1ccccc1)Nc1ccccc1. The molecule has 2 rings (SSSR count). The Labute approximate surface area is 133 Å². The fourth-order valence-electron chi connectivity index (χ4n) is 2.43. The van der Waals surface area contributed by atoms with Crippen LogP contribution < -0.4 is 5.32 Å². The van der Waals surface area contributed by atoms with Gasteiger partial charge in [-0.1, -0.05) is 85.5 Å². The third-order valence-corrected chi connectivity index (χ3v) is 3.45. The quantitative estimate of drug-likeness (QED) is 0.642. The molecule has 22 heavy (non-hydrogen) atoms. The predicted molar refractivity (Wildman–Crippen MR) is 97.1 cm³/mol. The van der Waals surface area contributed by atoms with Crippen LogP contribution in [-0.4, -0.2) is 6.04 Å². The molecular weight excluding hydrogens is 266 g/mol. The van der Waals surface area contributed by atoms with Crippen molar-refractivity contribution in [1.29, 1.82) is 0 Å². The van der Waals surface area contributed by atoms with Crippen molar-refractivity contribution in [2.75, 3.05) is 5.32 Å².